The Balaban J connectivity index is 0.00000225. The number of carbonyl (C=O) groups is 1. The Morgan fingerprint density at radius 2 is 2.25 bits per heavy atom. The lowest BCUT2D eigenvalue weighted by molar-refractivity contribution is -0.141. The molecule has 1 aromatic rings. The molecule has 2 N–H and O–H groups in total. The van der Waals surface area contributed by atoms with Crippen molar-refractivity contribution in [1.29, 1.82) is 0 Å². The molecule has 0 saturated carbocycles. The third-order valence-electron chi connectivity index (χ3n) is 2.00. The number of hydrogen-bond acceptors (Lipinski definition) is 3. The van der Waals surface area contributed by atoms with Crippen LogP contribution in [0.2, 0.25) is 0 Å². The third kappa shape index (κ3) is 3.73. The summed E-state index contributed by atoms with van der Waals surface area (Å²) in [5.41, 5.74) is 6.30. The van der Waals surface area contributed by atoms with Gasteiger partial charge in [-0.05, 0) is 27.6 Å². The molecular weight excluding hydrogens is 300 g/mol. The molecule has 0 unspecified atom stereocenters. The first-order valence-corrected chi connectivity index (χ1v) is 5.12. The second-order valence-electron chi connectivity index (χ2n) is 3.03. The summed E-state index contributed by atoms with van der Waals surface area (Å²) in [4.78, 5) is 11.0. The minimum Gasteiger partial charge on any atom is -0.469 e. The van der Waals surface area contributed by atoms with Gasteiger partial charge >= 0.3 is 5.97 Å². The predicted octanol–water partition coefficient (Wildman–Crippen LogP) is 2.57. The van der Waals surface area contributed by atoms with Crippen LogP contribution >= 0.6 is 28.3 Å². The van der Waals surface area contributed by atoms with E-state index in [1.54, 1.807) is 12.1 Å². The molecule has 3 nitrogen and oxygen atoms in total. The maximum Gasteiger partial charge on any atom is 0.307 e. The van der Waals surface area contributed by atoms with Gasteiger partial charge in [-0.1, -0.05) is 12.1 Å². The zero-order valence-corrected chi connectivity index (χ0v) is 11.0. The Morgan fingerprint density at radius 3 is 2.81 bits per heavy atom. The summed E-state index contributed by atoms with van der Waals surface area (Å²) < 4.78 is 17.9. The number of rotatable bonds is 3. The average molecular weight is 313 g/mol. The lowest BCUT2D eigenvalue weighted by Crippen LogP contribution is -2.17. The molecule has 0 spiro atoms. The highest BCUT2D eigenvalue weighted by Gasteiger charge is 2.16. The highest BCUT2D eigenvalue weighted by molar-refractivity contribution is 9.10. The summed E-state index contributed by atoms with van der Waals surface area (Å²) in [6.45, 7) is 0. The van der Waals surface area contributed by atoms with E-state index in [0.29, 0.717) is 10.0 Å². The molecule has 1 rings (SSSR count). The van der Waals surface area contributed by atoms with Gasteiger partial charge in [0, 0.05) is 6.04 Å². The number of nitrogens with two attached hydrogens (primary N) is 1. The van der Waals surface area contributed by atoms with Crippen LogP contribution in [0.4, 0.5) is 4.39 Å². The van der Waals surface area contributed by atoms with E-state index in [4.69, 9.17) is 5.73 Å². The molecule has 0 aromatic heterocycles. The Kier molecular flexibility index (Phi) is 6.55. The largest absolute Gasteiger partial charge is 0.469 e. The van der Waals surface area contributed by atoms with E-state index in [0.717, 1.165) is 0 Å². The van der Waals surface area contributed by atoms with Crippen molar-refractivity contribution in [1.82, 2.24) is 0 Å². The van der Waals surface area contributed by atoms with Gasteiger partial charge in [-0.3, -0.25) is 4.79 Å². The van der Waals surface area contributed by atoms with Gasteiger partial charge in [0.15, 0.2) is 0 Å². The lowest BCUT2D eigenvalue weighted by atomic mass is 10.0. The summed E-state index contributed by atoms with van der Waals surface area (Å²) in [6, 6.07) is 3.97. The molecule has 0 radical (unpaired) electrons. The van der Waals surface area contributed by atoms with Crippen LogP contribution in [0.5, 0.6) is 0 Å². The first-order chi connectivity index (χ1) is 7.06. The van der Waals surface area contributed by atoms with Crippen molar-refractivity contribution in [2.75, 3.05) is 7.11 Å². The van der Waals surface area contributed by atoms with Gasteiger partial charge in [0.25, 0.3) is 0 Å². The number of ether oxygens (including phenoxy) is 1. The van der Waals surface area contributed by atoms with Crippen molar-refractivity contribution in [3.8, 4) is 0 Å². The predicted molar refractivity (Wildman–Crippen MR) is 64.9 cm³/mol. The Bertz CT molecular complexity index is 376. The van der Waals surface area contributed by atoms with Crippen molar-refractivity contribution >= 4 is 34.3 Å². The van der Waals surface area contributed by atoms with Gasteiger partial charge in [0.1, 0.15) is 5.82 Å². The van der Waals surface area contributed by atoms with Crippen LogP contribution in [0.25, 0.3) is 0 Å². The molecule has 0 heterocycles. The number of hydrogen-bond donors (Lipinski definition) is 1. The minimum atomic E-state index is -0.567. The van der Waals surface area contributed by atoms with E-state index in [1.165, 1.54) is 13.2 Å². The molecule has 0 saturated heterocycles. The van der Waals surface area contributed by atoms with Gasteiger partial charge < -0.3 is 10.5 Å². The van der Waals surface area contributed by atoms with Crippen molar-refractivity contribution in [2.45, 2.75) is 12.5 Å². The fourth-order valence-electron chi connectivity index (χ4n) is 1.18. The van der Waals surface area contributed by atoms with E-state index in [2.05, 4.69) is 20.7 Å². The van der Waals surface area contributed by atoms with Crippen LogP contribution in [-0.4, -0.2) is 13.1 Å². The zero-order valence-electron chi connectivity index (χ0n) is 8.57. The fraction of sp³-hybridized carbons (Fsp3) is 0.300. The van der Waals surface area contributed by atoms with Crippen molar-refractivity contribution in [3.05, 3.63) is 34.1 Å². The summed E-state index contributed by atoms with van der Waals surface area (Å²) in [5, 5.41) is 0. The van der Waals surface area contributed by atoms with Gasteiger partial charge in [-0.2, -0.15) is 0 Å². The Hall–Kier alpha value is -0.650. The smallest absolute Gasteiger partial charge is 0.307 e. The molecule has 0 bridgehead atoms. The number of halogens is 3. The SMILES string of the molecule is COC(=O)C[C@@H](N)c1cccc(F)c1Br.Cl. The lowest BCUT2D eigenvalue weighted by Gasteiger charge is -2.12. The van der Waals surface area contributed by atoms with Gasteiger partial charge in [0.05, 0.1) is 18.0 Å². The number of methoxy groups -OCH3 is 1. The number of benzene rings is 1. The van der Waals surface area contributed by atoms with Gasteiger partial charge in [0.2, 0.25) is 0 Å². The molecule has 0 amide bonds. The maximum absolute atomic E-state index is 13.1. The average Bonchev–Trinajstić information content (AvgIpc) is 2.21. The fourth-order valence-corrected chi connectivity index (χ4v) is 1.74. The van der Waals surface area contributed by atoms with E-state index < -0.39 is 17.8 Å². The molecule has 0 fully saturated rings. The van der Waals surface area contributed by atoms with Gasteiger partial charge in [-0.15, -0.1) is 12.4 Å². The maximum atomic E-state index is 13.1. The highest BCUT2D eigenvalue weighted by atomic mass is 79.9. The zero-order chi connectivity index (χ0) is 11.4. The van der Waals surface area contributed by atoms with Crippen LogP contribution in [0.3, 0.4) is 0 Å². The highest BCUT2D eigenvalue weighted by Crippen LogP contribution is 2.26. The molecule has 0 aliphatic rings. The Labute approximate surface area is 108 Å². The monoisotopic (exact) mass is 311 g/mol. The minimum absolute atomic E-state index is 0. The molecule has 6 heteroatoms. The van der Waals surface area contributed by atoms with Crippen LogP contribution in [0.15, 0.2) is 22.7 Å². The normalized spacial score (nSPS) is 11.5. The number of carbonyl (C=O) groups excluding carboxylic acids is 1. The quantitative estimate of drug-likeness (QED) is 0.873. The first kappa shape index (κ1) is 15.3. The topological polar surface area (TPSA) is 52.3 Å². The second kappa shape index (κ2) is 6.83. The van der Waals surface area contributed by atoms with Crippen molar-refractivity contribution in [3.63, 3.8) is 0 Å². The summed E-state index contributed by atoms with van der Waals surface area (Å²) >= 11 is 3.09. The summed E-state index contributed by atoms with van der Waals surface area (Å²) in [5.74, 6) is -0.813. The molecule has 1 aromatic carbocycles. The van der Waals surface area contributed by atoms with Crippen molar-refractivity contribution < 1.29 is 13.9 Å². The standard InChI is InChI=1S/C10H11BrFNO2.ClH/c1-15-9(14)5-8(13)6-3-2-4-7(12)10(6)11;/h2-4,8H,5,13H2,1H3;1H/t8-;/m1./s1. The van der Waals surface area contributed by atoms with Crippen LogP contribution < -0.4 is 5.73 Å². The summed E-state index contributed by atoms with van der Waals surface area (Å²) in [7, 11) is 1.29. The van der Waals surface area contributed by atoms with Crippen LogP contribution in [0.1, 0.15) is 18.0 Å². The molecule has 1 atom stereocenters. The molecule has 90 valence electrons. The third-order valence-corrected chi connectivity index (χ3v) is 2.83. The second-order valence-corrected chi connectivity index (χ2v) is 3.82. The Morgan fingerprint density at radius 1 is 1.62 bits per heavy atom. The van der Waals surface area contributed by atoms with Gasteiger partial charge in [-0.25, -0.2) is 4.39 Å². The molecule has 0 aliphatic carbocycles. The van der Waals surface area contributed by atoms with Crippen molar-refractivity contribution in [2.24, 2.45) is 5.73 Å². The molecular formula is C10H12BrClFNO2. The molecule has 0 aliphatic heterocycles. The molecule has 16 heavy (non-hydrogen) atoms. The number of esters is 1. The first-order valence-electron chi connectivity index (χ1n) is 4.32. The van der Waals surface area contributed by atoms with E-state index in [-0.39, 0.29) is 18.8 Å². The van der Waals surface area contributed by atoms with Crippen LogP contribution in [-0.2, 0) is 9.53 Å². The van der Waals surface area contributed by atoms with E-state index in [9.17, 15) is 9.18 Å². The van der Waals surface area contributed by atoms with E-state index in [1.807, 2.05) is 0 Å². The van der Waals surface area contributed by atoms with E-state index >= 15 is 0 Å². The summed E-state index contributed by atoms with van der Waals surface area (Å²) in [6.07, 6.45) is 0.0263. The van der Waals surface area contributed by atoms with Crippen LogP contribution in [0, 0.1) is 5.82 Å².